The van der Waals surface area contributed by atoms with E-state index in [0.717, 1.165) is 13.0 Å². The average Bonchev–Trinajstić information content (AvgIpc) is 2.73. The zero-order valence-electron chi connectivity index (χ0n) is 11.5. The van der Waals surface area contributed by atoms with Gasteiger partial charge in [-0.25, -0.2) is 13.4 Å². The molecular formula is C13H14FN3O4S. The smallest absolute Gasteiger partial charge is 0.326 e. The minimum absolute atomic E-state index is 0.203. The Hall–Kier alpha value is -2.13. The molecule has 0 radical (unpaired) electrons. The Morgan fingerprint density at radius 1 is 1.32 bits per heavy atom. The molecule has 0 unspecified atom stereocenters. The van der Waals surface area contributed by atoms with Gasteiger partial charge in [0.1, 0.15) is 18.0 Å². The summed E-state index contributed by atoms with van der Waals surface area (Å²) in [5, 5.41) is 13.0. The summed E-state index contributed by atoms with van der Waals surface area (Å²) in [6.07, 6.45) is 2.59. The van der Waals surface area contributed by atoms with Gasteiger partial charge in [0.15, 0.2) is 5.82 Å². The highest BCUT2D eigenvalue weighted by Gasteiger charge is 2.38. The number of hydrogen-bond donors (Lipinski definition) is 3. The number of halogens is 1. The predicted octanol–water partition coefficient (Wildman–Crippen LogP) is 0.0890. The van der Waals surface area contributed by atoms with Crippen molar-refractivity contribution in [2.75, 3.05) is 23.9 Å². The minimum atomic E-state index is -4.18. The molecule has 2 aliphatic heterocycles. The Morgan fingerprint density at radius 3 is 2.68 bits per heavy atom. The molecule has 9 heteroatoms. The second-order valence-electron chi connectivity index (χ2n) is 5.03. The van der Waals surface area contributed by atoms with Crippen LogP contribution in [0.15, 0.2) is 18.2 Å². The van der Waals surface area contributed by atoms with Crippen LogP contribution in [-0.2, 0) is 15.0 Å². The number of amides is 1. The van der Waals surface area contributed by atoms with Crippen LogP contribution in [0.25, 0.3) is 5.57 Å². The van der Waals surface area contributed by atoms with Gasteiger partial charge in [0.05, 0.1) is 0 Å². The predicted molar refractivity (Wildman–Crippen MR) is 77.9 cm³/mol. The number of carbonyl (C=O) groups is 1. The van der Waals surface area contributed by atoms with Crippen LogP contribution < -0.4 is 14.3 Å². The SMILES string of the molecule is O=C1CN(c2c(O)ccc(C3=CCCNC3)c2F)S(=O)(=O)N1. The highest BCUT2D eigenvalue weighted by Crippen LogP contribution is 2.37. The number of anilines is 1. The molecule has 0 atom stereocenters. The fourth-order valence-corrected chi connectivity index (χ4v) is 3.70. The van der Waals surface area contributed by atoms with E-state index in [9.17, 15) is 22.7 Å². The van der Waals surface area contributed by atoms with Crippen molar-refractivity contribution in [3.8, 4) is 5.75 Å². The van der Waals surface area contributed by atoms with Gasteiger partial charge in [0.2, 0.25) is 0 Å². The molecule has 2 heterocycles. The molecular weight excluding hydrogens is 313 g/mol. The summed E-state index contributed by atoms with van der Waals surface area (Å²) in [6.45, 7) is 0.674. The average molecular weight is 327 g/mol. The molecule has 1 amide bonds. The van der Waals surface area contributed by atoms with E-state index in [4.69, 9.17) is 0 Å². The van der Waals surface area contributed by atoms with E-state index in [0.29, 0.717) is 16.4 Å². The van der Waals surface area contributed by atoms with Crippen molar-refractivity contribution < 1.29 is 22.7 Å². The van der Waals surface area contributed by atoms with Crippen molar-refractivity contribution in [3.63, 3.8) is 0 Å². The fraction of sp³-hybridized carbons (Fsp3) is 0.308. The van der Waals surface area contributed by atoms with Crippen LogP contribution in [0.5, 0.6) is 5.75 Å². The van der Waals surface area contributed by atoms with Crippen LogP contribution in [0.4, 0.5) is 10.1 Å². The third kappa shape index (κ3) is 2.42. The highest BCUT2D eigenvalue weighted by atomic mass is 32.2. The van der Waals surface area contributed by atoms with E-state index in [2.05, 4.69) is 5.32 Å². The maximum Gasteiger partial charge on any atom is 0.326 e. The molecule has 1 aromatic carbocycles. The lowest BCUT2D eigenvalue weighted by atomic mass is 10.0. The standard InChI is InChI=1S/C13H14FN3O4S/c14-12-9(8-2-1-5-15-6-8)3-4-10(18)13(12)17-7-11(19)16-22(17,20)21/h2-4,15,18H,1,5-7H2,(H,16,19). The number of carbonyl (C=O) groups excluding carboxylic acids is 1. The molecule has 118 valence electrons. The van der Waals surface area contributed by atoms with Gasteiger partial charge in [-0.05, 0) is 30.7 Å². The highest BCUT2D eigenvalue weighted by molar-refractivity contribution is 7.92. The van der Waals surface area contributed by atoms with Crippen molar-refractivity contribution in [1.29, 1.82) is 0 Å². The molecule has 22 heavy (non-hydrogen) atoms. The Bertz CT molecular complexity index is 776. The number of benzene rings is 1. The van der Waals surface area contributed by atoms with Gasteiger partial charge in [0, 0.05) is 12.1 Å². The largest absolute Gasteiger partial charge is 0.506 e. The van der Waals surface area contributed by atoms with Gasteiger partial charge in [-0.15, -0.1) is 0 Å². The number of rotatable bonds is 2. The van der Waals surface area contributed by atoms with Crippen LogP contribution in [0.2, 0.25) is 0 Å². The lowest BCUT2D eigenvalue weighted by molar-refractivity contribution is -0.117. The first kappa shape index (κ1) is 14.8. The Morgan fingerprint density at radius 2 is 2.09 bits per heavy atom. The van der Waals surface area contributed by atoms with E-state index in [-0.39, 0.29) is 5.56 Å². The van der Waals surface area contributed by atoms with Crippen LogP contribution >= 0.6 is 0 Å². The van der Waals surface area contributed by atoms with Crippen LogP contribution in [0.1, 0.15) is 12.0 Å². The van der Waals surface area contributed by atoms with Gasteiger partial charge < -0.3 is 10.4 Å². The summed E-state index contributed by atoms with van der Waals surface area (Å²) in [5.41, 5.74) is 0.373. The van der Waals surface area contributed by atoms with Gasteiger partial charge in [0.25, 0.3) is 5.91 Å². The fourth-order valence-electron chi connectivity index (χ4n) is 2.53. The number of nitrogens with zero attached hydrogens (tertiary/aromatic N) is 1. The van der Waals surface area contributed by atoms with Crippen molar-refractivity contribution in [2.24, 2.45) is 0 Å². The number of hydrogen-bond acceptors (Lipinski definition) is 5. The van der Waals surface area contributed by atoms with Gasteiger partial charge in [-0.2, -0.15) is 8.42 Å². The summed E-state index contributed by atoms with van der Waals surface area (Å²) in [6, 6.07) is 2.62. The number of nitrogens with one attached hydrogen (secondary N) is 2. The monoisotopic (exact) mass is 327 g/mol. The Labute approximate surface area is 126 Å². The molecule has 3 rings (SSSR count). The van der Waals surface area contributed by atoms with Gasteiger partial charge >= 0.3 is 10.2 Å². The Kier molecular flexibility index (Phi) is 3.53. The zero-order chi connectivity index (χ0) is 15.9. The van der Waals surface area contributed by atoms with Crippen molar-refractivity contribution in [2.45, 2.75) is 6.42 Å². The molecule has 0 bridgehead atoms. The van der Waals surface area contributed by atoms with Crippen LogP contribution in [0, 0.1) is 5.82 Å². The first-order chi connectivity index (χ1) is 10.4. The molecule has 1 aromatic rings. The molecule has 0 spiro atoms. The summed E-state index contributed by atoms with van der Waals surface area (Å²) >= 11 is 0. The molecule has 1 fully saturated rings. The summed E-state index contributed by atoms with van der Waals surface area (Å²) in [4.78, 5) is 11.3. The minimum Gasteiger partial charge on any atom is -0.506 e. The normalized spacial score (nSPS) is 20.7. The summed E-state index contributed by atoms with van der Waals surface area (Å²) < 4.78 is 40.8. The van der Waals surface area contributed by atoms with E-state index in [1.807, 2.05) is 6.08 Å². The van der Waals surface area contributed by atoms with Gasteiger partial charge in [-0.3, -0.25) is 4.79 Å². The lowest BCUT2D eigenvalue weighted by Crippen LogP contribution is -2.30. The Balaban J connectivity index is 2.12. The quantitative estimate of drug-likeness (QED) is 0.715. The van der Waals surface area contributed by atoms with E-state index in [1.54, 1.807) is 4.72 Å². The molecule has 0 aromatic heterocycles. The molecule has 2 aliphatic rings. The molecule has 0 saturated carbocycles. The van der Waals surface area contributed by atoms with E-state index in [1.165, 1.54) is 12.1 Å². The van der Waals surface area contributed by atoms with Crippen molar-refractivity contribution in [1.82, 2.24) is 10.0 Å². The maximum absolute atomic E-state index is 14.8. The summed E-state index contributed by atoms with van der Waals surface area (Å²) in [5.74, 6) is -2.18. The first-order valence-electron chi connectivity index (χ1n) is 6.65. The number of aromatic hydroxyl groups is 1. The van der Waals surface area contributed by atoms with E-state index >= 15 is 0 Å². The zero-order valence-corrected chi connectivity index (χ0v) is 12.3. The van der Waals surface area contributed by atoms with Crippen LogP contribution in [-0.4, -0.2) is 39.1 Å². The second kappa shape index (κ2) is 5.25. The summed E-state index contributed by atoms with van der Waals surface area (Å²) in [7, 11) is -4.18. The van der Waals surface area contributed by atoms with Crippen molar-refractivity contribution >= 4 is 27.4 Å². The van der Waals surface area contributed by atoms with Gasteiger partial charge in [-0.1, -0.05) is 6.08 Å². The molecule has 0 aliphatic carbocycles. The first-order valence-corrected chi connectivity index (χ1v) is 8.09. The lowest BCUT2D eigenvalue weighted by Gasteiger charge is -2.21. The van der Waals surface area contributed by atoms with E-state index < -0.39 is 39.9 Å². The number of phenolic OH excluding ortho intramolecular Hbond substituents is 1. The van der Waals surface area contributed by atoms with Crippen LogP contribution in [0.3, 0.4) is 0 Å². The molecule has 1 saturated heterocycles. The molecule has 7 nitrogen and oxygen atoms in total. The third-order valence-electron chi connectivity index (χ3n) is 3.54. The number of phenols is 1. The maximum atomic E-state index is 14.8. The molecule has 3 N–H and O–H groups in total. The van der Waals surface area contributed by atoms with Crippen molar-refractivity contribution in [3.05, 3.63) is 29.6 Å². The topological polar surface area (TPSA) is 98.7 Å². The third-order valence-corrected chi connectivity index (χ3v) is 4.92. The second-order valence-corrected chi connectivity index (χ2v) is 6.62.